The summed E-state index contributed by atoms with van der Waals surface area (Å²) in [4.78, 5) is 30.5. The molecule has 0 atom stereocenters. The molecular formula is C17H31N3O3. The van der Waals surface area contributed by atoms with Crippen LogP contribution in [-0.2, 0) is 9.53 Å². The number of piperazine rings is 1. The molecule has 0 N–H and O–H groups in total. The minimum atomic E-state index is -0.134. The summed E-state index contributed by atoms with van der Waals surface area (Å²) in [5.41, 5.74) is -0.134. The quantitative estimate of drug-likeness (QED) is 0.742. The second-order valence-corrected chi connectivity index (χ2v) is 6.93. The van der Waals surface area contributed by atoms with Gasteiger partial charge >= 0.3 is 6.03 Å². The van der Waals surface area contributed by atoms with Crippen LogP contribution in [0.25, 0.3) is 0 Å². The number of urea groups is 1. The van der Waals surface area contributed by atoms with E-state index >= 15 is 0 Å². The van der Waals surface area contributed by atoms with Crippen LogP contribution in [0.4, 0.5) is 4.79 Å². The predicted octanol–water partition coefficient (Wildman–Crippen LogP) is 1.94. The summed E-state index contributed by atoms with van der Waals surface area (Å²) >= 11 is 0. The summed E-state index contributed by atoms with van der Waals surface area (Å²) in [5.74, 6) is 0.146. The molecule has 132 valence electrons. The van der Waals surface area contributed by atoms with E-state index in [0.29, 0.717) is 32.8 Å². The van der Waals surface area contributed by atoms with Gasteiger partial charge in [0.25, 0.3) is 0 Å². The van der Waals surface area contributed by atoms with Crippen LogP contribution < -0.4 is 0 Å². The van der Waals surface area contributed by atoms with E-state index in [-0.39, 0.29) is 17.5 Å². The third kappa shape index (κ3) is 4.16. The molecule has 1 aliphatic carbocycles. The Bertz CT molecular complexity index is 421. The van der Waals surface area contributed by atoms with Crippen LogP contribution in [0.3, 0.4) is 0 Å². The lowest BCUT2D eigenvalue weighted by Gasteiger charge is -2.52. The third-order valence-electron chi connectivity index (χ3n) is 5.25. The average molecular weight is 325 g/mol. The lowest BCUT2D eigenvalue weighted by atomic mass is 9.78. The zero-order valence-electron chi connectivity index (χ0n) is 14.8. The number of amides is 3. The van der Waals surface area contributed by atoms with Crippen LogP contribution in [0.5, 0.6) is 0 Å². The number of carbonyl (C=O) groups excluding carboxylic acids is 2. The number of hydrogen-bond donors (Lipinski definition) is 0. The Hall–Kier alpha value is -1.30. The van der Waals surface area contributed by atoms with Gasteiger partial charge in [-0.15, -0.1) is 0 Å². The van der Waals surface area contributed by atoms with Gasteiger partial charge in [-0.25, -0.2) is 4.79 Å². The van der Waals surface area contributed by atoms with Crippen molar-refractivity contribution in [1.29, 1.82) is 0 Å². The highest BCUT2D eigenvalue weighted by atomic mass is 16.5. The fourth-order valence-electron chi connectivity index (χ4n) is 4.05. The average Bonchev–Trinajstić information content (AvgIpc) is 2.54. The lowest BCUT2D eigenvalue weighted by molar-refractivity contribution is -0.141. The molecule has 0 radical (unpaired) electrons. The molecule has 1 heterocycles. The Balaban J connectivity index is 2.02. The summed E-state index contributed by atoms with van der Waals surface area (Å²) in [6, 6.07) is 0.0780. The standard InChI is InChI=1S/C17H31N3O3/c1-15(21)20-12-11-19(14-17(20)8-5-4-6-9-17)16(22)18(2)10-7-13-23-3/h4-14H2,1-3H3. The van der Waals surface area contributed by atoms with Crippen LogP contribution in [0.2, 0.25) is 0 Å². The van der Waals surface area contributed by atoms with Gasteiger partial charge in [-0.1, -0.05) is 19.3 Å². The van der Waals surface area contributed by atoms with E-state index in [9.17, 15) is 9.59 Å². The number of ether oxygens (including phenoxy) is 1. The molecule has 2 fully saturated rings. The van der Waals surface area contributed by atoms with E-state index in [0.717, 1.165) is 32.1 Å². The number of rotatable bonds is 4. The van der Waals surface area contributed by atoms with Crippen LogP contribution in [0.15, 0.2) is 0 Å². The highest BCUT2D eigenvalue weighted by Crippen LogP contribution is 2.36. The second-order valence-electron chi connectivity index (χ2n) is 6.93. The fraction of sp³-hybridized carbons (Fsp3) is 0.882. The number of methoxy groups -OCH3 is 1. The Morgan fingerprint density at radius 3 is 2.48 bits per heavy atom. The highest BCUT2D eigenvalue weighted by Gasteiger charge is 2.45. The Kier molecular flexibility index (Phi) is 6.27. The first-order valence-electron chi connectivity index (χ1n) is 8.77. The molecule has 1 spiro atoms. The minimum absolute atomic E-state index is 0.0780. The van der Waals surface area contributed by atoms with Gasteiger partial charge in [0, 0.05) is 53.9 Å². The van der Waals surface area contributed by atoms with Gasteiger partial charge in [0.1, 0.15) is 0 Å². The van der Waals surface area contributed by atoms with Gasteiger partial charge in [-0.3, -0.25) is 4.79 Å². The molecule has 1 saturated carbocycles. The van der Waals surface area contributed by atoms with Crippen molar-refractivity contribution < 1.29 is 14.3 Å². The molecule has 6 heteroatoms. The summed E-state index contributed by atoms with van der Waals surface area (Å²) in [6.07, 6.45) is 6.41. The zero-order valence-corrected chi connectivity index (χ0v) is 14.8. The van der Waals surface area contributed by atoms with Crippen molar-refractivity contribution in [3.63, 3.8) is 0 Å². The van der Waals surface area contributed by atoms with Crippen molar-refractivity contribution in [2.45, 2.75) is 51.0 Å². The summed E-state index contributed by atoms with van der Waals surface area (Å²) in [6.45, 7) is 5.00. The minimum Gasteiger partial charge on any atom is -0.385 e. The number of hydrogen-bond acceptors (Lipinski definition) is 3. The van der Waals surface area contributed by atoms with E-state index in [4.69, 9.17) is 4.74 Å². The maximum absolute atomic E-state index is 12.7. The summed E-state index contributed by atoms with van der Waals surface area (Å²) < 4.78 is 5.05. The molecular weight excluding hydrogens is 294 g/mol. The molecule has 0 aromatic rings. The maximum Gasteiger partial charge on any atom is 0.319 e. The number of carbonyl (C=O) groups is 2. The van der Waals surface area contributed by atoms with Crippen LogP contribution in [0, 0.1) is 0 Å². The summed E-state index contributed by atoms with van der Waals surface area (Å²) in [5, 5.41) is 0. The molecule has 23 heavy (non-hydrogen) atoms. The van der Waals surface area contributed by atoms with E-state index in [1.54, 1.807) is 18.9 Å². The first-order chi connectivity index (χ1) is 11.0. The third-order valence-corrected chi connectivity index (χ3v) is 5.25. The molecule has 0 bridgehead atoms. The first-order valence-corrected chi connectivity index (χ1v) is 8.77. The SMILES string of the molecule is COCCCN(C)C(=O)N1CCN(C(C)=O)C2(CCCCC2)C1. The Morgan fingerprint density at radius 2 is 1.87 bits per heavy atom. The fourth-order valence-corrected chi connectivity index (χ4v) is 4.05. The summed E-state index contributed by atoms with van der Waals surface area (Å²) in [7, 11) is 3.53. The topological polar surface area (TPSA) is 53.1 Å². The van der Waals surface area contributed by atoms with Crippen molar-refractivity contribution in [3.05, 3.63) is 0 Å². The van der Waals surface area contributed by atoms with Gasteiger partial charge in [-0.05, 0) is 19.3 Å². The van der Waals surface area contributed by atoms with Crippen LogP contribution in [-0.4, -0.2) is 79.1 Å². The molecule has 2 rings (SSSR count). The molecule has 1 aliphatic heterocycles. The molecule has 0 aromatic carbocycles. The number of nitrogens with zero attached hydrogens (tertiary/aromatic N) is 3. The Morgan fingerprint density at radius 1 is 1.17 bits per heavy atom. The van der Waals surface area contributed by atoms with E-state index in [2.05, 4.69) is 0 Å². The van der Waals surface area contributed by atoms with Gasteiger partial charge in [-0.2, -0.15) is 0 Å². The van der Waals surface area contributed by atoms with Gasteiger partial charge in [0.15, 0.2) is 0 Å². The van der Waals surface area contributed by atoms with Gasteiger partial charge in [0.05, 0.1) is 5.54 Å². The maximum atomic E-state index is 12.7. The van der Waals surface area contributed by atoms with E-state index < -0.39 is 0 Å². The monoisotopic (exact) mass is 325 g/mol. The first kappa shape index (κ1) is 18.0. The van der Waals surface area contributed by atoms with Crippen molar-refractivity contribution in [1.82, 2.24) is 14.7 Å². The smallest absolute Gasteiger partial charge is 0.319 e. The molecule has 0 unspecified atom stereocenters. The van der Waals surface area contributed by atoms with Gasteiger partial charge in [0.2, 0.25) is 5.91 Å². The van der Waals surface area contributed by atoms with Gasteiger partial charge < -0.3 is 19.4 Å². The lowest BCUT2D eigenvalue weighted by Crippen LogP contribution is -2.66. The molecule has 1 saturated heterocycles. The second kappa shape index (κ2) is 7.99. The van der Waals surface area contributed by atoms with Crippen molar-refractivity contribution >= 4 is 11.9 Å². The largest absolute Gasteiger partial charge is 0.385 e. The van der Waals surface area contributed by atoms with Crippen LogP contribution in [0.1, 0.15) is 45.4 Å². The Labute approximate surface area is 139 Å². The highest BCUT2D eigenvalue weighted by molar-refractivity contribution is 5.77. The molecule has 3 amide bonds. The predicted molar refractivity (Wildman–Crippen MR) is 89.3 cm³/mol. The molecule has 6 nitrogen and oxygen atoms in total. The van der Waals surface area contributed by atoms with E-state index in [1.165, 1.54) is 6.42 Å². The van der Waals surface area contributed by atoms with Crippen LogP contribution >= 0.6 is 0 Å². The molecule has 0 aromatic heterocycles. The normalized spacial score (nSPS) is 20.7. The van der Waals surface area contributed by atoms with Crippen molar-refractivity contribution in [2.24, 2.45) is 0 Å². The van der Waals surface area contributed by atoms with Crippen molar-refractivity contribution in [2.75, 3.05) is 46.9 Å². The van der Waals surface area contributed by atoms with Crippen molar-refractivity contribution in [3.8, 4) is 0 Å². The van der Waals surface area contributed by atoms with E-state index in [1.807, 2.05) is 16.8 Å². The zero-order chi connectivity index (χ0) is 16.9. The molecule has 2 aliphatic rings.